The molecule has 0 aliphatic rings. The molecule has 0 spiro atoms. The third-order valence-electron chi connectivity index (χ3n) is 2.89. The van der Waals surface area contributed by atoms with Crippen molar-refractivity contribution in [2.75, 3.05) is 6.54 Å². The highest BCUT2D eigenvalue weighted by Crippen LogP contribution is 2.22. The molecule has 9 nitrogen and oxygen atoms in total. The van der Waals surface area contributed by atoms with Gasteiger partial charge in [-0.25, -0.2) is 17.9 Å². The van der Waals surface area contributed by atoms with E-state index >= 15 is 0 Å². The topological polar surface area (TPSA) is 138 Å². The van der Waals surface area contributed by atoms with Crippen molar-refractivity contribution in [3.05, 3.63) is 29.2 Å². The Morgan fingerprint density at radius 2 is 2.19 bits per heavy atom. The highest BCUT2D eigenvalue weighted by Gasteiger charge is 2.26. The minimum absolute atomic E-state index is 0.0505. The largest absolute Gasteiger partial charge is 0.477 e. The summed E-state index contributed by atoms with van der Waals surface area (Å²) in [5.74, 6) is -0.894. The first-order valence-electron chi connectivity index (χ1n) is 6.00. The fourth-order valence-electron chi connectivity index (χ4n) is 2.02. The van der Waals surface area contributed by atoms with Gasteiger partial charge in [0.1, 0.15) is 10.6 Å². The Morgan fingerprint density at radius 3 is 2.71 bits per heavy atom. The van der Waals surface area contributed by atoms with Crippen LogP contribution in [0.1, 0.15) is 27.6 Å². The molecule has 0 saturated heterocycles. The number of aromatic amines is 1. The summed E-state index contributed by atoms with van der Waals surface area (Å²) >= 11 is 0. The molecule has 0 unspecified atom stereocenters. The van der Waals surface area contributed by atoms with Crippen LogP contribution < -0.4 is 4.72 Å². The van der Waals surface area contributed by atoms with Gasteiger partial charge in [-0.2, -0.15) is 4.98 Å². The van der Waals surface area contributed by atoms with Gasteiger partial charge >= 0.3 is 5.97 Å². The molecule has 0 saturated carbocycles. The molecule has 114 valence electrons. The molecular weight excluding hydrogens is 300 g/mol. The molecule has 21 heavy (non-hydrogen) atoms. The number of H-pyrrole nitrogens is 1. The average molecular weight is 314 g/mol. The zero-order chi connectivity index (χ0) is 15.6. The number of aromatic carboxylic acids is 1. The van der Waals surface area contributed by atoms with E-state index in [9.17, 15) is 13.2 Å². The summed E-state index contributed by atoms with van der Waals surface area (Å²) in [6.07, 6.45) is 1.47. The van der Waals surface area contributed by atoms with Crippen molar-refractivity contribution in [1.29, 1.82) is 0 Å². The van der Waals surface area contributed by atoms with Crippen molar-refractivity contribution in [2.45, 2.75) is 25.2 Å². The van der Waals surface area contributed by atoms with Gasteiger partial charge in [-0.3, -0.25) is 0 Å². The summed E-state index contributed by atoms with van der Waals surface area (Å²) in [7, 11) is -3.82. The Hall–Kier alpha value is -2.20. The minimum Gasteiger partial charge on any atom is -0.477 e. The summed E-state index contributed by atoms with van der Waals surface area (Å²) in [5, 5.41) is 12.4. The van der Waals surface area contributed by atoms with Gasteiger partial charge in [0.15, 0.2) is 6.33 Å². The van der Waals surface area contributed by atoms with E-state index in [2.05, 4.69) is 19.8 Å². The van der Waals surface area contributed by atoms with Gasteiger partial charge in [0.2, 0.25) is 15.9 Å². The second kappa shape index (κ2) is 5.66. The zero-order valence-electron chi connectivity index (χ0n) is 11.4. The van der Waals surface area contributed by atoms with Crippen LogP contribution in [-0.2, 0) is 16.4 Å². The van der Waals surface area contributed by atoms with E-state index in [0.29, 0.717) is 5.89 Å². The summed E-state index contributed by atoms with van der Waals surface area (Å²) in [5.41, 5.74) is 0.310. The first-order chi connectivity index (χ1) is 9.83. The number of carboxylic acids is 1. The van der Waals surface area contributed by atoms with Crippen LogP contribution in [0.5, 0.6) is 0 Å². The number of aromatic nitrogens is 3. The molecule has 10 heteroatoms. The Labute approximate surface area is 120 Å². The Balaban J connectivity index is 2.18. The van der Waals surface area contributed by atoms with Crippen LogP contribution in [0.25, 0.3) is 0 Å². The monoisotopic (exact) mass is 314 g/mol. The number of hydrogen-bond donors (Lipinski definition) is 3. The van der Waals surface area contributed by atoms with E-state index in [1.807, 2.05) is 0 Å². The summed E-state index contributed by atoms with van der Waals surface area (Å²) in [6, 6.07) is 0. The number of hydrogen-bond acceptors (Lipinski definition) is 6. The van der Waals surface area contributed by atoms with Gasteiger partial charge in [0, 0.05) is 24.2 Å². The average Bonchev–Trinajstić information content (AvgIpc) is 2.97. The van der Waals surface area contributed by atoms with Gasteiger partial charge in [-0.1, -0.05) is 5.16 Å². The maximum Gasteiger partial charge on any atom is 0.352 e. The molecule has 0 amide bonds. The number of carbonyl (C=O) groups is 1. The molecule has 0 aromatic carbocycles. The van der Waals surface area contributed by atoms with Gasteiger partial charge in [0.25, 0.3) is 0 Å². The fourth-order valence-corrected chi connectivity index (χ4v) is 3.49. The Bertz CT molecular complexity index is 748. The third-order valence-corrected chi connectivity index (χ3v) is 4.62. The number of nitrogens with zero attached hydrogens (tertiary/aromatic N) is 2. The number of aryl methyl sites for hydroxylation is 1. The van der Waals surface area contributed by atoms with Gasteiger partial charge < -0.3 is 14.6 Å². The third kappa shape index (κ3) is 3.11. The SMILES string of the molecule is Cc1[nH]c(C(=O)O)c(C)c1S(=O)(=O)NCCc1ncno1. The number of carboxylic acid groups (broad SMARTS) is 1. The minimum atomic E-state index is -3.82. The van der Waals surface area contributed by atoms with E-state index < -0.39 is 16.0 Å². The van der Waals surface area contributed by atoms with Crippen molar-refractivity contribution in [3.63, 3.8) is 0 Å². The first-order valence-corrected chi connectivity index (χ1v) is 7.49. The van der Waals surface area contributed by atoms with E-state index in [0.717, 1.165) is 0 Å². The predicted octanol–water partition coefficient (Wildman–Crippen LogP) is 0.234. The highest BCUT2D eigenvalue weighted by atomic mass is 32.2. The van der Waals surface area contributed by atoms with Crippen LogP contribution in [0, 0.1) is 13.8 Å². The zero-order valence-corrected chi connectivity index (χ0v) is 12.2. The molecular formula is C11H14N4O5S. The van der Waals surface area contributed by atoms with Gasteiger partial charge in [0.05, 0.1) is 0 Å². The second-order valence-corrected chi connectivity index (χ2v) is 6.07. The van der Waals surface area contributed by atoms with E-state index in [4.69, 9.17) is 9.63 Å². The summed E-state index contributed by atoms with van der Waals surface area (Å²) in [4.78, 5) is 17.3. The van der Waals surface area contributed by atoms with Crippen LogP contribution in [0.2, 0.25) is 0 Å². The molecule has 0 bridgehead atoms. The van der Waals surface area contributed by atoms with E-state index in [-0.39, 0.29) is 34.8 Å². The van der Waals surface area contributed by atoms with Gasteiger partial charge in [-0.15, -0.1) is 0 Å². The van der Waals surface area contributed by atoms with Crippen molar-refractivity contribution in [1.82, 2.24) is 19.8 Å². The number of sulfonamides is 1. The molecule has 0 fully saturated rings. The summed E-state index contributed by atoms with van der Waals surface area (Å²) < 4.78 is 31.6. The molecule has 0 atom stereocenters. The van der Waals surface area contributed by atoms with Gasteiger partial charge in [-0.05, 0) is 13.8 Å². The quantitative estimate of drug-likeness (QED) is 0.693. The predicted molar refractivity (Wildman–Crippen MR) is 70.4 cm³/mol. The van der Waals surface area contributed by atoms with E-state index in [1.54, 1.807) is 0 Å². The molecule has 2 heterocycles. The van der Waals surface area contributed by atoms with Crippen LogP contribution >= 0.6 is 0 Å². The van der Waals surface area contributed by atoms with Crippen LogP contribution in [0.15, 0.2) is 15.7 Å². The van der Waals surface area contributed by atoms with Crippen molar-refractivity contribution in [2.24, 2.45) is 0 Å². The molecule has 0 aliphatic carbocycles. The standard InChI is InChI=1S/C11H14N4O5S/c1-6-9(11(16)17)15-7(2)10(6)21(18,19)14-4-3-8-12-5-13-20-8/h5,14-15H,3-4H2,1-2H3,(H,16,17). The first kappa shape index (κ1) is 15.2. The Kier molecular flexibility index (Phi) is 4.09. The smallest absolute Gasteiger partial charge is 0.352 e. The maximum atomic E-state index is 12.2. The molecule has 2 aromatic heterocycles. The lowest BCUT2D eigenvalue weighted by atomic mass is 10.2. The van der Waals surface area contributed by atoms with Crippen LogP contribution in [0.3, 0.4) is 0 Å². The molecule has 2 rings (SSSR count). The van der Waals surface area contributed by atoms with E-state index in [1.165, 1.54) is 20.2 Å². The number of rotatable bonds is 6. The van der Waals surface area contributed by atoms with Crippen LogP contribution in [-0.4, -0.2) is 41.2 Å². The maximum absolute atomic E-state index is 12.2. The van der Waals surface area contributed by atoms with Crippen molar-refractivity contribution >= 4 is 16.0 Å². The highest BCUT2D eigenvalue weighted by molar-refractivity contribution is 7.89. The Morgan fingerprint density at radius 1 is 1.48 bits per heavy atom. The fraction of sp³-hybridized carbons (Fsp3) is 0.364. The molecule has 0 radical (unpaired) electrons. The lowest BCUT2D eigenvalue weighted by molar-refractivity contribution is 0.0690. The number of nitrogens with one attached hydrogen (secondary N) is 2. The summed E-state index contributed by atoms with van der Waals surface area (Å²) in [6.45, 7) is 3.02. The second-order valence-electron chi connectivity index (χ2n) is 4.37. The molecule has 0 aliphatic heterocycles. The lowest BCUT2D eigenvalue weighted by Crippen LogP contribution is -2.27. The van der Waals surface area contributed by atoms with Crippen molar-refractivity contribution < 1.29 is 22.8 Å². The van der Waals surface area contributed by atoms with Crippen LogP contribution in [0.4, 0.5) is 0 Å². The molecule has 3 N–H and O–H groups in total. The normalized spacial score (nSPS) is 11.7. The molecule has 2 aromatic rings. The lowest BCUT2D eigenvalue weighted by Gasteiger charge is -2.06. The van der Waals surface area contributed by atoms with Crippen molar-refractivity contribution in [3.8, 4) is 0 Å².